The number of nitrogens with zero attached hydrogens (tertiary/aromatic N) is 5. The summed E-state index contributed by atoms with van der Waals surface area (Å²) in [7, 11) is 0. The first-order valence-corrected chi connectivity index (χ1v) is 16.0. The molecule has 8 nitrogen and oxygen atoms in total. The number of pyridine rings is 1. The number of rotatable bonds is 7. The van der Waals surface area contributed by atoms with E-state index < -0.39 is 12.0 Å². The number of phenolic OH excluding ortho intramolecular Hbond substituents is 1. The van der Waals surface area contributed by atoms with Crippen LogP contribution in [0.2, 0.25) is 5.15 Å². The lowest BCUT2D eigenvalue weighted by atomic mass is 9.94. The van der Waals surface area contributed by atoms with Gasteiger partial charge in [-0.1, -0.05) is 23.6 Å². The first kappa shape index (κ1) is 28.7. The minimum absolute atomic E-state index is 0.0150. The molecule has 3 atom stereocenters. The van der Waals surface area contributed by atoms with E-state index in [0.29, 0.717) is 70.4 Å². The van der Waals surface area contributed by atoms with Crippen LogP contribution in [0.1, 0.15) is 37.7 Å². The molecule has 2 N–H and O–H groups in total. The molecule has 2 unspecified atom stereocenters. The van der Waals surface area contributed by atoms with Gasteiger partial charge in [-0.25, -0.2) is 13.8 Å². The fraction of sp³-hybridized carbons (Fsp3) is 0.441. The van der Waals surface area contributed by atoms with Crippen molar-refractivity contribution in [2.24, 2.45) is 5.41 Å². The van der Waals surface area contributed by atoms with Crippen molar-refractivity contribution < 1.29 is 18.6 Å². The summed E-state index contributed by atoms with van der Waals surface area (Å²) in [5, 5.41) is 15.4. The molecule has 0 amide bonds. The van der Waals surface area contributed by atoms with Gasteiger partial charge < -0.3 is 20.1 Å². The summed E-state index contributed by atoms with van der Waals surface area (Å²) < 4.78 is 35.0. The maximum atomic E-state index is 14.9. The number of alkyl halides is 1. The highest BCUT2D eigenvalue weighted by atomic mass is 35.5. The Labute approximate surface area is 264 Å². The van der Waals surface area contributed by atoms with Crippen molar-refractivity contribution in [2.75, 3.05) is 44.2 Å². The van der Waals surface area contributed by atoms with Crippen LogP contribution in [0.15, 0.2) is 30.3 Å². The second-order valence-corrected chi connectivity index (χ2v) is 13.5. The lowest BCUT2D eigenvalue weighted by molar-refractivity contribution is 0.165. The molecule has 3 saturated heterocycles. The van der Waals surface area contributed by atoms with E-state index in [1.165, 1.54) is 18.2 Å². The van der Waals surface area contributed by atoms with E-state index in [2.05, 4.69) is 21.0 Å². The summed E-state index contributed by atoms with van der Waals surface area (Å²) in [5.74, 6) is 2.56. The van der Waals surface area contributed by atoms with E-state index in [1.54, 1.807) is 12.1 Å². The summed E-state index contributed by atoms with van der Waals surface area (Å²) >= 11 is 6.88. The molecule has 4 aromatic rings. The summed E-state index contributed by atoms with van der Waals surface area (Å²) in [5.41, 5.74) is 2.01. The van der Waals surface area contributed by atoms with E-state index in [-0.39, 0.29) is 27.9 Å². The Morgan fingerprint density at radius 3 is 2.58 bits per heavy atom. The number of halogens is 3. The molecule has 2 bridgehead atoms. The number of nitrogens with one attached hydrogen (secondary N) is 1. The normalized spacial score (nSPS) is 24.0. The van der Waals surface area contributed by atoms with Gasteiger partial charge in [0.1, 0.15) is 28.4 Å². The minimum Gasteiger partial charge on any atom is -0.508 e. The number of piperazine rings is 1. The molecule has 1 saturated carbocycles. The van der Waals surface area contributed by atoms with Crippen LogP contribution in [-0.2, 0) is 0 Å². The number of fused-ring (bicyclic) bond motifs is 4. The number of ether oxygens (including phenoxy) is 1. The Bertz CT molecular complexity index is 1870. The molecule has 4 aliphatic rings. The van der Waals surface area contributed by atoms with Crippen molar-refractivity contribution in [3.05, 3.63) is 46.9 Å². The molecule has 0 radical (unpaired) electrons. The van der Waals surface area contributed by atoms with Gasteiger partial charge in [0.15, 0.2) is 5.82 Å². The fourth-order valence-corrected chi connectivity index (χ4v) is 7.61. The van der Waals surface area contributed by atoms with Gasteiger partial charge >= 0.3 is 6.01 Å². The maximum absolute atomic E-state index is 14.9. The standard InChI is InChI=1S/C34H33ClF2N6O2/c1-2-24-27(37)6-3-19-11-23(44)12-25(29(19)24)26-13-28-30(40-31(26)35)32(43-15-21-4-5-22(16-43)38-21)41-33(39-28)45-18-34(8-9-34)17-42-10-7-20(36)14-42/h1,3,6,11-13,20-22,38,44H,4-5,7-10,14-18H2/t20-,21?,22?/m1/s1. The number of aromatic nitrogens is 3. The van der Waals surface area contributed by atoms with Crippen LogP contribution in [0.3, 0.4) is 0 Å². The zero-order valence-electron chi connectivity index (χ0n) is 24.7. The summed E-state index contributed by atoms with van der Waals surface area (Å²) in [6, 6.07) is 8.67. The largest absolute Gasteiger partial charge is 0.508 e. The number of anilines is 1. The molecule has 1 aliphatic carbocycles. The average Bonchev–Trinajstić information content (AvgIpc) is 3.54. The monoisotopic (exact) mass is 630 g/mol. The van der Waals surface area contributed by atoms with Crippen molar-refractivity contribution in [3.8, 4) is 35.2 Å². The van der Waals surface area contributed by atoms with Crippen molar-refractivity contribution in [3.63, 3.8) is 0 Å². The number of terminal acetylenes is 1. The Hall–Kier alpha value is -3.78. The quantitative estimate of drug-likeness (QED) is 0.206. The molecular formula is C34H33ClF2N6O2. The number of aromatic hydroxyl groups is 1. The van der Waals surface area contributed by atoms with Crippen LogP contribution in [-0.4, -0.2) is 82.5 Å². The smallest absolute Gasteiger partial charge is 0.319 e. The second-order valence-electron chi connectivity index (χ2n) is 13.1. The van der Waals surface area contributed by atoms with E-state index in [0.717, 1.165) is 51.9 Å². The molecule has 232 valence electrons. The Morgan fingerprint density at radius 2 is 1.87 bits per heavy atom. The molecule has 4 fully saturated rings. The third-order valence-corrected chi connectivity index (χ3v) is 10.1. The first-order valence-electron chi connectivity index (χ1n) is 15.6. The van der Waals surface area contributed by atoms with E-state index >= 15 is 0 Å². The van der Waals surface area contributed by atoms with Gasteiger partial charge in [-0.2, -0.15) is 9.97 Å². The highest BCUT2D eigenvalue weighted by Gasteiger charge is 2.46. The van der Waals surface area contributed by atoms with E-state index in [1.807, 2.05) is 0 Å². The maximum Gasteiger partial charge on any atom is 0.319 e. The number of likely N-dealkylation sites (tertiary alicyclic amines) is 1. The molecule has 8 rings (SSSR count). The molecule has 11 heteroatoms. The molecule has 3 aliphatic heterocycles. The Kier molecular flexibility index (Phi) is 6.97. The average molecular weight is 631 g/mol. The predicted octanol–water partition coefficient (Wildman–Crippen LogP) is 5.47. The van der Waals surface area contributed by atoms with Crippen LogP contribution in [0, 0.1) is 23.6 Å². The second kappa shape index (κ2) is 10.9. The lowest BCUT2D eigenvalue weighted by Gasteiger charge is -2.34. The number of benzene rings is 2. The van der Waals surface area contributed by atoms with Crippen molar-refractivity contribution in [1.29, 1.82) is 0 Å². The summed E-state index contributed by atoms with van der Waals surface area (Å²) in [6.07, 6.45) is 9.80. The van der Waals surface area contributed by atoms with Gasteiger partial charge in [0, 0.05) is 61.2 Å². The first-order chi connectivity index (χ1) is 21.8. The Morgan fingerprint density at radius 1 is 1.07 bits per heavy atom. The molecule has 5 heterocycles. The van der Waals surface area contributed by atoms with Gasteiger partial charge in [-0.3, -0.25) is 4.90 Å². The van der Waals surface area contributed by atoms with Gasteiger partial charge in [0.25, 0.3) is 0 Å². The minimum atomic E-state index is -0.757. The summed E-state index contributed by atoms with van der Waals surface area (Å²) in [6.45, 7) is 4.04. The topological polar surface area (TPSA) is 86.6 Å². The third kappa shape index (κ3) is 5.31. The number of hydrogen-bond donors (Lipinski definition) is 2. The van der Waals surface area contributed by atoms with Gasteiger partial charge in [-0.15, -0.1) is 6.42 Å². The van der Waals surface area contributed by atoms with Gasteiger partial charge in [0.2, 0.25) is 0 Å². The van der Waals surface area contributed by atoms with E-state index in [9.17, 15) is 13.9 Å². The van der Waals surface area contributed by atoms with Crippen molar-refractivity contribution >= 4 is 39.2 Å². The fourth-order valence-electron chi connectivity index (χ4n) is 7.37. The Balaban J connectivity index is 1.22. The molecule has 2 aromatic heterocycles. The zero-order valence-corrected chi connectivity index (χ0v) is 25.5. The lowest BCUT2D eigenvalue weighted by Crippen LogP contribution is -2.51. The number of hydrogen-bond acceptors (Lipinski definition) is 8. The third-order valence-electron chi connectivity index (χ3n) is 9.83. The molecular weight excluding hydrogens is 598 g/mol. The van der Waals surface area contributed by atoms with E-state index in [4.69, 9.17) is 37.7 Å². The van der Waals surface area contributed by atoms with Crippen LogP contribution >= 0.6 is 11.6 Å². The van der Waals surface area contributed by atoms with Crippen LogP contribution in [0.4, 0.5) is 14.6 Å². The molecule has 2 aromatic carbocycles. The number of phenols is 1. The highest BCUT2D eigenvalue weighted by Crippen LogP contribution is 2.47. The van der Waals surface area contributed by atoms with Crippen molar-refractivity contribution in [1.82, 2.24) is 25.2 Å². The highest BCUT2D eigenvalue weighted by molar-refractivity contribution is 6.33. The predicted molar refractivity (Wildman–Crippen MR) is 170 cm³/mol. The van der Waals surface area contributed by atoms with Gasteiger partial charge in [0.05, 0.1) is 17.7 Å². The molecule has 0 spiro atoms. The van der Waals surface area contributed by atoms with Crippen LogP contribution < -0.4 is 15.0 Å². The van der Waals surface area contributed by atoms with Crippen molar-refractivity contribution in [2.45, 2.75) is 50.4 Å². The van der Waals surface area contributed by atoms with Gasteiger partial charge in [-0.05, 0) is 67.3 Å². The zero-order chi connectivity index (χ0) is 30.9. The van der Waals surface area contributed by atoms with Crippen LogP contribution in [0.5, 0.6) is 11.8 Å². The van der Waals surface area contributed by atoms with Crippen LogP contribution in [0.25, 0.3) is 32.9 Å². The molecule has 45 heavy (non-hydrogen) atoms. The SMILES string of the molecule is C#Cc1c(F)ccc2cc(O)cc(-c3cc4nc(OCC5(CN6CC[C@@H](F)C6)CC5)nc(N5CC6CCC(C5)N6)c4nc3Cl)c12. The summed E-state index contributed by atoms with van der Waals surface area (Å²) in [4.78, 5) is 18.9.